The molecule has 1 fully saturated rings. The van der Waals surface area contributed by atoms with Gasteiger partial charge in [0.2, 0.25) is 0 Å². The highest BCUT2D eigenvalue weighted by Gasteiger charge is 2.32. The minimum atomic E-state index is -0.698. The Hall–Kier alpha value is -3.20. The van der Waals surface area contributed by atoms with Crippen molar-refractivity contribution in [3.63, 3.8) is 0 Å². The normalized spacial score (nSPS) is 16.4. The number of nitrogen functional groups attached to an aromatic ring is 1. The number of rotatable bonds is 3. The van der Waals surface area contributed by atoms with Crippen LogP contribution in [-0.2, 0) is 4.74 Å². The highest BCUT2D eigenvalue weighted by Crippen LogP contribution is 2.26. The number of amides is 2. The van der Waals surface area contributed by atoms with E-state index < -0.39 is 23.2 Å². The molecule has 1 aromatic carbocycles. The van der Waals surface area contributed by atoms with Crippen molar-refractivity contribution < 1.29 is 23.5 Å². The number of carbonyl (C=O) groups excluding carboxylic acids is 2. The second-order valence-corrected chi connectivity index (χ2v) is 5.67. The van der Waals surface area contributed by atoms with Crippen LogP contribution in [0.4, 0.5) is 10.2 Å². The lowest BCUT2D eigenvalue weighted by Crippen LogP contribution is -2.38. The highest BCUT2D eigenvalue weighted by atomic mass is 19.1. The third-order valence-corrected chi connectivity index (χ3v) is 4.03. The molecule has 0 saturated carbocycles. The maximum atomic E-state index is 14.3. The van der Waals surface area contributed by atoms with E-state index in [9.17, 15) is 18.8 Å². The minimum Gasteiger partial charge on any atom is -0.483 e. The molecule has 0 radical (unpaired) electrons. The molecule has 0 aliphatic carbocycles. The van der Waals surface area contributed by atoms with E-state index in [-0.39, 0.29) is 34.5 Å². The van der Waals surface area contributed by atoms with Gasteiger partial charge in [-0.25, -0.2) is 4.39 Å². The van der Waals surface area contributed by atoms with Gasteiger partial charge in [-0.2, -0.15) is 0 Å². The summed E-state index contributed by atoms with van der Waals surface area (Å²) in [6.45, 7) is 0.781. The van der Waals surface area contributed by atoms with Gasteiger partial charge < -0.3 is 15.2 Å². The van der Waals surface area contributed by atoms with E-state index in [4.69, 9.17) is 15.2 Å². The van der Waals surface area contributed by atoms with Gasteiger partial charge in [-0.1, -0.05) is 0 Å². The number of carbonyl (C=O) groups is 2. The Balaban J connectivity index is 1.79. The Kier molecular flexibility index (Phi) is 3.32. The third-order valence-electron chi connectivity index (χ3n) is 4.03. The summed E-state index contributed by atoms with van der Waals surface area (Å²) in [4.78, 5) is 35.8. The molecule has 25 heavy (non-hydrogen) atoms. The molecule has 8 nitrogen and oxygen atoms in total. The molecule has 0 unspecified atom stereocenters. The van der Waals surface area contributed by atoms with E-state index in [1.807, 2.05) is 0 Å². The summed E-state index contributed by atoms with van der Waals surface area (Å²) in [7, 11) is 0. The van der Waals surface area contributed by atoms with E-state index in [0.717, 1.165) is 16.7 Å². The highest BCUT2D eigenvalue weighted by molar-refractivity contribution is 6.23. The minimum absolute atomic E-state index is 0.0257. The molecule has 1 saturated heterocycles. The van der Waals surface area contributed by atoms with Gasteiger partial charge in [0, 0.05) is 12.1 Å². The number of hydrogen-bond donors (Lipinski definition) is 2. The second kappa shape index (κ2) is 5.42. The van der Waals surface area contributed by atoms with Gasteiger partial charge >= 0.3 is 0 Å². The van der Waals surface area contributed by atoms with Crippen LogP contribution in [0.15, 0.2) is 29.1 Å². The molecule has 0 bridgehead atoms. The van der Waals surface area contributed by atoms with Crippen LogP contribution in [0, 0.1) is 5.82 Å². The van der Waals surface area contributed by atoms with Gasteiger partial charge in [0.1, 0.15) is 11.9 Å². The largest absolute Gasteiger partial charge is 0.483 e. The third kappa shape index (κ3) is 2.36. The summed E-state index contributed by atoms with van der Waals surface area (Å²) in [5.41, 5.74) is 5.18. The molecule has 1 aromatic heterocycles. The Morgan fingerprint density at radius 2 is 1.96 bits per heavy atom. The lowest BCUT2D eigenvalue weighted by Gasteiger charge is -2.27. The van der Waals surface area contributed by atoms with E-state index in [1.165, 1.54) is 12.1 Å². The Bertz CT molecular complexity index is 980. The van der Waals surface area contributed by atoms with Crippen molar-refractivity contribution in [2.45, 2.75) is 6.10 Å². The fourth-order valence-electron chi connectivity index (χ4n) is 2.73. The predicted molar refractivity (Wildman–Crippen MR) is 83.4 cm³/mol. The smallest absolute Gasteiger partial charge is 0.262 e. The van der Waals surface area contributed by atoms with Crippen LogP contribution in [0.1, 0.15) is 20.7 Å². The average molecular weight is 345 g/mol. The van der Waals surface area contributed by atoms with Crippen molar-refractivity contribution in [2.24, 2.45) is 0 Å². The van der Waals surface area contributed by atoms with Crippen molar-refractivity contribution in [2.75, 3.05) is 18.9 Å². The zero-order valence-electron chi connectivity index (χ0n) is 12.7. The fourth-order valence-corrected chi connectivity index (χ4v) is 2.73. The van der Waals surface area contributed by atoms with Gasteiger partial charge in [-0.3, -0.25) is 24.3 Å². The van der Waals surface area contributed by atoms with Crippen LogP contribution in [-0.4, -0.2) is 35.7 Å². The van der Waals surface area contributed by atoms with Crippen LogP contribution in [0.5, 0.6) is 5.75 Å². The van der Waals surface area contributed by atoms with Crippen LogP contribution in [0.3, 0.4) is 0 Å². The average Bonchev–Trinajstić information content (AvgIpc) is 2.79. The monoisotopic (exact) mass is 345 g/mol. The zero-order chi connectivity index (χ0) is 17.7. The Morgan fingerprint density at radius 3 is 2.60 bits per heavy atom. The summed E-state index contributed by atoms with van der Waals surface area (Å²) < 4.78 is 25.6. The molecule has 0 spiro atoms. The summed E-state index contributed by atoms with van der Waals surface area (Å²) >= 11 is 0. The van der Waals surface area contributed by atoms with Gasteiger partial charge in [0.25, 0.3) is 17.4 Å². The van der Waals surface area contributed by atoms with Gasteiger partial charge in [-0.15, -0.1) is 0 Å². The molecule has 3 heterocycles. The number of pyridine rings is 1. The number of hydrogen-bond acceptors (Lipinski definition) is 6. The topological polar surface area (TPSA) is 113 Å². The maximum absolute atomic E-state index is 14.3. The number of imide groups is 1. The molecule has 2 amide bonds. The summed E-state index contributed by atoms with van der Waals surface area (Å²) in [5, 5.41) is 2.07. The fraction of sp³-hybridized carbons (Fsp3) is 0.188. The second-order valence-electron chi connectivity index (χ2n) is 5.67. The Labute approximate surface area is 139 Å². The summed E-state index contributed by atoms with van der Waals surface area (Å²) in [6, 6.07) is 4.89. The van der Waals surface area contributed by atoms with E-state index >= 15 is 0 Å². The lowest BCUT2D eigenvalue weighted by molar-refractivity contribution is -0.0808. The first-order chi connectivity index (χ1) is 12.0. The van der Waals surface area contributed by atoms with E-state index in [2.05, 4.69) is 5.32 Å². The van der Waals surface area contributed by atoms with Gasteiger partial charge in [-0.05, 0) is 12.1 Å². The molecule has 2 aliphatic rings. The number of nitrogens with two attached hydrogens (primary N) is 1. The summed E-state index contributed by atoms with van der Waals surface area (Å²) in [5.74, 6) is -2.27. The van der Waals surface area contributed by atoms with Crippen molar-refractivity contribution in [3.8, 4) is 11.4 Å². The van der Waals surface area contributed by atoms with Crippen molar-refractivity contribution in [1.29, 1.82) is 0 Å². The molecular formula is C16H12FN3O5. The molecule has 4 rings (SSSR count). The molecule has 2 aromatic rings. The molecule has 2 aliphatic heterocycles. The number of benzene rings is 1. The first-order valence-corrected chi connectivity index (χ1v) is 7.41. The van der Waals surface area contributed by atoms with Crippen molar-refractivity contribution in [1.82, 2.24) is 9.88 Å². The van der Waals surface area contributed by atoms with Gasteiger partial charge in [0.05, 0.1) is 30.0 Å². The van der Waals surface area contributed by atoms with Gasteiger partial charge in [0.15, 0.2) is 11.6 Å². The van der Waals surface area contributed by atoms with Crippen molar-refractivity contribution in [3.05, 3.63) is 51.6 Å². The summed E-state index contributed by atoms with van der Waals surface area (Å²) in [6.07, 6.45) is -0.206. The zero-order valence-corrected chi connectivity index (χ0v) is 12.7. The number of nitrogens with zero attached hydrogens (tertiary/aromatic N) is 1. The van der Waals surface area contributed by atoms with E-state index in [0.29, 0.717) is 13.2 Å². The van der Waals surface area contributed by atoms with Crippen LogP contribution < -0.4 is 21.3 Å². The number of nitrogens with one attached hydrogen (secondary N) is 1. The van der Waals surface area contributed by atoms with Crippen molar-refractivity contribution >= 4 is 17.6 Å². The van der Waals surface area contributed by atoms with Crippen LogP contribution >= 0.6 is 0 Å². The first kappa shape index (κ1) is 15.3. The number of ether oxygens (including phenoxy) is 2. The van der Waals surface area contributed by atoms with E-state index in [1.54, 1.807) is 0 Å². The molecule has 9 heteroatoms. The number of fused-ring (bicyclic) bond motifs is 1. The number of halogens is 1. The molecule has 3 N–H and O–H groups in total. The lowest BCUT2D eigenvalue weighted by atomic mass is 10.1. The van der Waals surface area contributed by atoms with Crippen LogP contribution in [0.25, 0.3) is 5.69 Å². The Morgan fingerprint density at radius 1 is 1.20 bits per heavy atom. The maximum Gasteiger partial charge on any atom is 0.262 e. The number of aromatic nitrogens is 1. The quantitative estimate of drug-likeness (QED) is 0.770. The SMILES string of the molecule is Nc1c2c(cc(=O)n1-c1ccc(OC3COC3)c(F)c1)C(=O)NC2=O. The molecular weight excluding hydrogens is 333 g/mol. The predicted octanol–water partition coefficient (Wildman–Crippen LogP) is 0.220. The number of anilines is 1. The standard InChI is InChI=1S/C16H12FN3O5/c17-10-3-7(1-2-11(10)25-8-5-24-6-8)20-12(21)4-9-13(14(20)18)16(23)19-15(9)22/h1-4,8H,5-6,18H2,(H,19,22,23). The molecule has 128 valence electrons. The molecule has 0 atom stereocenters. The van der Waals surface area contributed by atoms with Crippen LogP contribution in [0.2, 0.25) is 0 Å². The first-order valence-electron chi connectivity index (χ1n) is 7.41.